The van der Waals surface area contributed by atoms with E-state index in [1.165, 1.54) is 13.3 Å². The van der Waals surface area contributed by atoms with Crippen LogP contribution in [-0.2, 0) is 16.2 Å². The van der Waals surface area contributed by atoms with Gasteiger partial charge in [0.05, 0.1) is 19.0 Å². The van der Waals surface area contributed by atoms with Crippen molar-refractivity contribution in [1.82, 2.24) is 5.43 Å². The maximum atomic E-state index is 12.0. The van der Waals surface area contributed by atoms with Crippen LogP contribution in [0.3, 0.4) is 0 Å². The Hall–Kier alpha value is -4.13. The normalized spacial score (nSPS) is 10.5. The quantitative estimate of drug-likeness (QED) is 0.315. The molecule has 0 aliphatic rings. The second-order valence-corrected chi connectivity index (χ2v) is 6.56. The first-order chi connectivity index (χ1) is 15.1. The summed E-state index contributed by atoms with van der Waals surface area (Å²) in [5.74, 6) is 0.270. The number of anilines is 1. The molecule has 0 aliphatic carbocycles. The van der Waals surface area contributed by atoms with E-state index in [1.54, 1.807) is 24.3 Å². The van der Waals surface area contributed by atoms with Gasteiger partial charge in [0.2, 0.25) is 11.8 Å². The van der Waals surface area contributed by atoms with Gasteiger partial charge in [0, 0.05) is 0 Å². The van der Waals surface area contributed by atoms with Crippen molar-refractivity contribution in [3.8, 4) is 11.5 Å². The number of hydrogen-bond donors (Lipinski definition) is 2. The summed E-state index contributed by atoms with van der Waals surface area (Å²) in [6, 6.07) is 24.2. The van der Waals surface area contributed by atoms with Gasteiger partial charge >= 0.3 is 0 Å². The van der Waals surface area contributed by atoms with Crippen molar-refractivity contribution in [2.24, 2.45) is 5.10 Å². The zero-order valence-electron chi connectivity index (χ0n) is 17.1. The molecule has 31 heavy (non-hydrogen) atoms. The summed E-state index contributed by atoms with van der Waals surface area (Å²) in [6.07, 6.45) is 1.14. The van der Waals surface area contributed by atoms with Gasteiger partial charge in [0.1, 0.15) is 24.5 Å². The molecular weight excluding hydrogens is 394 g/mol. The van der Waals surface area contributed by atoms with Crippen molar-refractivity contribution in [1.29, 1.82) is 0 Å². The highest BCUT2D eigenvalue weighted by Crippen LogP contribution is 2.23. The van der Waals surface area contributed by atoms with Crippen LogP contribution in [0, 0.1) is 0 Å². The smallest absolute Gasteiger partial charge is 0.249 e. The molecule has 0 atom stereocenters. The first-order valence-corrected chi connectivity index (χ1v) is 9.65. The lowest BCUT2D eigenvalue weighted by molar-refractivity contribution is -0.126. The molecule has 0 aliphatic heterocycles. The van der Waals surface area contributed by atoms with Gasteiger partial charge in [0.15, 0.2) is 0 Å². The zero-order chi connectivity index (χ0) is 21.9. The van der Waals surface area contributed by atoms with Crippen LogP contribution in [-0.4, -0.2) is 25.1 Å². The average Bonchev–Trinajstić information content (AvgIpc) is 2.79. The molecule has 3 aromatic rings. The molecule has 158 valence electrons. The lowest BCUT2D eigenvalue weighted by Gasteiger charge is -2.09. The average molecular weight is 417 g/mol. The summed E-state index contributed by atoms with van der Waals surface area (Å²) in [6.45, 7) is 0.487. The maximum absolute atomic E-state index is 12.0. The van der Waals surface area contributed by atoms with E-state index in [9.17, 15) is 9.59 Å². The summed E-state index contributed by atoms with van der Waals surface area (Å²) in [5.41, 5.74) is 4.72. The van der Waals surface area contributed by atoms with Crippen LogP contribution < -0.4 is 20.2 Å². The summed E-state index contributed by atoms with van der Waals surface area (Å²) in [5, 5.41) is 6.53. The van der Waals surface area contributed by atoms with Gasteiger partial charge < -0.3 is 14.8 Å². The topological polar surface area (TPSA) is 89.0 Å². The molecule has 0 spiro atoms. The van der Waals surface area contributed by atoms with Crippen molar-refractivity contribution >= 4 is 23.7 Å². The number of rotatable bonds is 9. The third kappa shape index (κ3) is 7.01. The van der Waals surface area contributed by atoms with Gasteiger partial charge in [-0.3, -0.25) is 9.59 Å². The molecule has 2 amide bonds. The largest absolute Gasteiger partial charge is 0.495 e. The molecular formula is C24H23N3O4. The van der Waals surface area contributed by atoms with E-state index in [0.29, 0.717) is 18.0 Å². The molecule has 3 rings (SSSR count). The number of hydrogen-bond acceptors (Lipinski definition) is 5. The number of nitrogens with zero attached hydrogens (tertiary/aromatic N) is 1. The Morgan fingerprint density at radius 1 is 0.903 bits per heavy atom. The van der Waals surface area contributed by atoms with Gasteiger partial charge in [-0.05, 0) is 47.5 Å². The fourth-order valence-electron chi connectivity index (χ4n) is 2.70. The predicted octanol–water partition coefficient (Wildman–Crippen LogP) is 3.75. The zero-order valence-corrected chi connectivity index (χ0v) is 17.1. The van der Waals surface area contributed by atoms with Crippen molar-refractivity contribution < 1.29 is 19.1 Å². The fourth-order valence-corrected chi connectivity index (χ4v) is 2.70. The third-order valence-corrected chi connectivity index (χ3v) is 4.23. The van der Waals surface area contributed by atoms with E-state index in [-0.39, 0.29) is 6.42 Å². The number of ether oxygens (including phenoxy) is 2. The number of nitrogens with one attached hydrogen (secondary N) is 2. The number of amides is 2. The minimum Gasteiger partial charge on any atom is -0.495 e. The number of para-hydroxylation sites is 2. The number of benzene rings is 3. The first kappa shape index (κ1) is 21.6. The highest BCUT2D eigenvalue weighted by Gasteiger charge is 2.11. The molecule has 7 heteroatoms. The lowest BCUT2D eigenvalue weighted by Crippen LogP contribution is -2.24. The minimum atomic E-state index is -0.522. The van der Waals surface area contributed by atoms with E-state index in [2.05, 4.69) is 15.8 Å². The summed E-state index contributed by atoms with van der Waals surface area (Å²) in [7, 11) is 1.51. The standard InChI is InChI=1S/C24H23N3O4/c1-30-22-10-6-5-9-21(22)26-23(28)15-24(29)27-25-16-18-11-13-20(14-12-18)31-17-19-7-3-2-4-8-19/h2-14,16H,15,17H2,1H3,(H,26,28)(H,27,29). The van der Waals surface area contributed by atoms with E-state index in [0.717, 1.165) is 16.9 Å². The van der Waals surface area contributed by atoms with Crippen molar-refractivity contribution in [3.05, 3.63) is 90.0 Å². The number of carbonyl (C=O) groups is 2. The maximum Gasteiger partial charge on any atom is 0.249 e. The Morgan fingerprint density at radius 2 is 1.61 bits per heavy atom. The predicted molar refractivity (Wildman–Crippen MR) is 119 cm³/mol. The van der Waals surface area contributed by atoms with Gasteiger partial charge in [-0.25, -0.2) is 5.43 Å². The Morgan fingerprint density at radius 3 is 2.35 bits per heavy atom. The highest BCUT2D eigenvalue weighted by molar-refractivity contribution is 6.04. The van der Waals surface area contributed by atoms with Crippen LogP contribution in [0.15, 0.2) is 84.0 Å². The second-order valence-electron chi connectivity index (χ2n) is 6.56. The second kappa shape index (κ2) is 11.2. The molecule has 0 heterocycles. The molecule has 0 fully saturated rings. The van der Waals surface area contributed by atoms with Crippen molar-refractivity contribution in [2.75, 3.05) is 12.4 Å². The molecule has 0 bridgehead atoms. The molecule has 0 aromatic heterocycles. The fraction of sp³-hybridized carbons (Fsp3) is 0.125. The number of hydrazone groups is 1. The minimum absolute atomic E-state index is 0.359. The van der Waals surface area contributed by atoms with Gasteiger partial charge in [-0.15, -0.1) is 0 Å². The van der Waals surface area contributed by atoms with E-state index in [4.69, 9.17) is 9.47 Å². The SMILES string of the molecule is COc1ccccc1NC(=O)CC(=O)NN=Cc1ccc(OCc2ccccc2)cc1. The van der Waals surface area contributed by atoms with Crippen LogP contribution in [0.5, 0.6) is 11.5 Å². The van der Waals surface area contributed by atoms with Crippen molar-refractivity contribution in [3.63, 3.8) is 0 Å². The molecule has 2 N–H and O–H groups in total. The summed E-state index contributed by atoms with van der Waals surface area (Å²) >= 11 is 0. The summed E-state index contributed by atoms with van der Waals surface area (Å²) in [4.78, 5) is 24.0. The van der Waals surface area contributed by atoms with Crippen LogP contribution in [0.4, 0.5) is 5.69 Å². The molecule has 0 unspecified atom stereocenters. The Bertz CT molecular complexity index is 1030. The van der Waals surface area contributed by atoms with E-state index < -0.39 is 11.8 Å². The molecule has 0 saturated carbocycles. The lowest BCUT2D eigenvalue weighted by atomic mass is 10.2. The Balaban J connectivity index is 1.43. The van der Waals surface area contributed by atoms with Crippen LogP contribution >= 0.6 is 0 Å². The van der Waals surface area contributed by atoms with E-state index >= 15 is 0 Å². The number of methoxy groups -OCH3 is 1. The van der Waals surface area contributed by atoms with Gasteiger partial charge in [-0.1, -0.05) is 42.5 Å². The van der Waals surface area contributed by atoms with E-state index in [1.807, 2.05) is 54.6 Å². The molecule has 0 saturated heterocycles. The molecule has 0 radical (unpaired) electrons. The van der Waals surface area contributed by atoms with Crippen LogP contribution in [0.2, 0.25) is 0 Å². The monoisotopic (exact) mass is 417 g/mol. The Kier molecular flexibility index (Phi) is 7.77. The Labute approximate surface area is 180 Å². The van der Waals surface area contributed by atoms with Gasteiger partial charge in [0.25, 0.3) is 0 Å². The van der Waals surface area contributed by atoms with Crippen molar-refractivity contribution in [2.45, 2.75) is 13.0 Å². The van der Waals surface area contributed by atoms with Crippen LogP contribution in [0.1, 0.15) is 17.5 Å². The van der Waals surface area contributed by atoms with Crippen LogP contribution in [0.25, 0.3) is 0 Å². The number of carbonyl (C=O) groups excluding carboxylic acids is 2. The highest BCUT2D eigenvalue weighted by atomic mass is 16.5. The summed E-state index contributed by atoms with van der Waals surface area (Å²) < 4.78 is 10.9. The molecule has 3 aromatic carbocycles. The van der Waals surface area contributed by atoms with Gasteiger partial charge in [-0.2, -0.15) is 5.10 Å². The third-order valence-electron chi connectivity index (χ3n) is 4.23. The first-order valence-electron chi connectivity index (χ1n) is 9.65. The molecule has 7 nitrogen and oxygen atoms in total.